The molecule has 2 nitrogen and oxygen atoms in total. The normalized spacial score (nSPS) is 25.0. The van der Waals surface area contributed by atoms with Crippen molar-refractivity contribution in [3.63, 3.8) is 0 Å². The van der Waals surface area contributed by atoms with Gasteiger partial charge in [0.15, 0.2) is 0 Å². The Hall–Kier alpha value is -0.0500. The van der Waals surface area contributed by atoms with Crippen LogP contribution in [0.4, 0.5) is 0 Å². The molecule has 3 heteroatoms. The first-order valence-electron chi connectivity index (χ1n) is 3.97. The Morgan fingerprint density at radius 1 is 1.64 bits per heavy atom. The quantitative estimate of drug-likeness (QED) is 0.652. The summed E-state index contributed by atoms with van der Waals surface area (Å²) in [5.74, 6) is 0.707. The van der Waals surface area contributed by atoms with Gasteiger partial charge >= 0.3 is 0 Å². The second-order valence-electron chi connectivity index (χ2n) is 2.75. The van der Waals surface area contributed by atoms with E-state index in [0.29, 0.717) is 5.92 Å². The molecule has 1 N–H and O–H groups in total. The lowest BCUT2D eigenvalue weighted by Crippen LogP contribution is -2.22. The summed E-state index contributed by atoms with van der Waals surface area (Å²) < 4.78 is 5.23. The van der Waals surface area contributed by atoms with E-state index < -0.39 is 0 Å². The van der Waals surface area contributed by atoms with Crippen molar-refractivity contribution >= 4 is 11.6 Å². The Labute approximate surface area is 72.6 Å². The largest absolute Gasteiger partial charge is 0.381 e. The lowest BCUT2D eigenvalue weighted by Gasteiger charge is -2.06. The van der Waals surface area contributed by atoms with Gasteiger partial charge in [0.05, 0.1) is 6.61 Å². The average molecular weight is 176 g/mol. The Morgan fingerprint density at radius 3 is 3.18 bits per heavy atom. The first-order valence-corrected chi connectivity index (χ1v) is 4.41. The SMILES string of the molecule is Cl/C=C/CNCC1CCOC1. The fourth-order valence-electron chi connectivity index (χ4n) is 1.16. The van der Waals surface area contributed by atoms with Crippen LogP contribution >= 0.6 is 11.6 Å². The van der Waals surface area contributed by atoms with E-state index in [2.05, 4.69) is 5.32 Å². The first-order chi connectivity index (χ1) is 5.43. The van der Waals surface area contributed by atoms with E-state index in [0.717, 1.165) is 26.3 Å². The Balaban J connectivity index is 1.93. The molecule has 0 aliphatic carbocycles. The molecule has 1 saturated heterocycles. The van der Waals surface area contributed by atoms with Gasteiger partial charge in [0.1, 0.15) is 0 Å². The molecule has 0 bridgehead atoms. The molecular weight excluding hydrogens is 162 g/mol. The summed E-state index contributed by atoms with van der Waals surface area (Å²) >= 11 is 5.35. The number of hydrogen-bond acceptors (Lipinski definition) is 2. The van der Waals surface area contributed by atoms with Crippen molar-refractivity contribution in [3.8, 4) is 0 Å². The van der Waals surface area contributed by atoms with E-state index in [4.69, 9.17) is 16.3 Å². The lowest BCUT2D eigenvalue weighted by molar-refractivity contribution is 0.185. The molecule has 0 radical (unpaired) electrons. The highest BCUT2D eigenvalue weighted by Gasteiger charge is 2.13. The predicted octanol–water partition coefficient (Wildman–Crippen LogP) is 1.36. The van der Waals surface area contributed by atoms with Crippen LogP contribution in [0.15, 0.2) is 11.6 Å². The van der Waals surface area contributed by atoms with Crippen LogP contribution in [0, 0.1) is 5.92 Å². The molecule has 1 aliphatic heterocycles. The van der Waals surface area contributed by atoms with Gasteiger partial charge in [0.2, 0.25) is 0 Å². The summed E-state index contributed by atoms with van der Waals surface area (Å²) in [4.78, 5) is 0. The first kappa shape index (κ1) is 9.04. The van der Waals surface area contributed by atoms with Crippen molar-refractivity contribution in [2.75, 3.05) is 26.3 Å². The Kier molecular flexibility index (Phi) is 4.59. The molecule has 0 saturated carbocycles. The molecule has 0 aromatic heterocycles. The van der Waals surface area contributed by atoms with Crippen LogP contribution in [0.2, 0.25) is 0 Å². The smallest absolute Gasteiger partial charge is 0.0507 e. The number of hydrogen-bond donors (Lipinski definition) is 1. The summed E-state index contributed by atoms with van der Waals surface area (Å²) in [6.45, 7) is 3.75. The molecule has 0 aromatic rings. The van der Waals surface area contributed by atoms with Gasteiger partial charge < -0.3 is 10.1 Å². The van der Waals surface area contributed by atoms with Gasteiger partial charge in [-0.2, -0.15) is 0 Å². The minimum absolute atomic E-state index is 0.707. The molecule has 1 unspecified atom stereocenters. The molecule has 0 amide bonds. The molecule has 11 heavy (non-hydrogen) atoms. The van der Waals surface area contributed by atoms with E-state index in [1.54, 1.807) is 0 Å². The second-order valence-corrected chi connectivity index (χ2v) is 3.00. The molecule has 0 aromatic carbocycles. The van der Waals surface area contributed by atoms with Gasteiger partial charge in [-0.05, 0) is 12.3 Å². The number of rotatable bonds is 4. The Morgan fingerprint density at radius 2 is 2.55 bits per heavy atom. The van der Waals surface area contributed by atoms with Crippen LogP contribution in [0.1, 0.15) is 6.42 Å². The van der Waals surface area contributed by atoms with E-state index in [1.165, 1.54) is 12.0 Å². The van der Waals surface area contributed by atoms with Gasteiger partial charge in [0, 0.05) is 25.2 Å². The third-order valence-electron chi connectivity index (χ3n) is 1.81. The van der Waals surface area contributed by atoms with E-state index in [1.807, 2.05) is 6.08 Å². The summed E-state index contributed by atoms with van der Waals surface area (Å²) in [6.07, 6.45) is 3.09. The van der Waals surface area contributed by atoms with Crippen LogP contribution in [0.3, 0.4) is 0 Å². The molecular formula is C8H14ClNO. The molecule has 64 valence electrons. The van der Waals surface area contributed by atoms with Crippen molar-refractivity contribution in [3.05, 3.63) is 11.6 Å². The highest BCUT2D eigenvalue weighted by atomic mass is 35.5. The van der Waals surface area contributed by atoms with Gasteiger partial charge in [-0.25, -0.2) is 0 Å². The van der Waals surface area contributed by atoms with E-state index >= 15 is 0 Å². The second kappa shape index (κ2) is 5.58. The van der Waals surface area contributed by atoms with Crippen LogP contribution in [0.5, 0.6) is 0 Å². The van der Waals surface area contributed by atoms with Crippen molar-refractivity contribution in [1.29, 1.82) is 0 Å². The van der Waals surface area contributed by atoms with Crippen LogP contribution in [-0.4, -0.2) is 26.3 Å². The third kappa shape index (κ3) is 3.75. The third-order valence-corrected chi connectivity index (χ3v) is 1.99. The predicted molar refractivity (Wildman–Crippen MR) is 46.8 cm³/mol. The van der Waals surface area contributed by atoms with E-state index in [-0.39, 0.29) is 0 Å². The summed E-state index contributed by atoms with van der Waals surface area (Å²) in [6, 6.07) is 0. The zero-order valence-corrected chi connectivity index (χ0v) is 7.31. The minimum Gasteiger partial charge on any atom is -0.381 e. The number of ether oxygens (including phenoxy) is 1. The van der Waals surface area contributed by atoms with Gasteiger partial charge in [-0.1, -0.05) is 17.7 Å². The van der Waals surface area contributed by atoms with E-state index in [9.17, 15) is 0 Å². The molecule has 1 rings (SSSR count). The topological polar surface area (TPSA) is 21.3 Å². The maximum atomic E-state index is 5.35. The fraction of sp³-hybridized carbons (Fsp3) is 0.750. The van der Waals surface area contributed by atoms with Crippen molar-refractivity contribution < 1.29 is 4.74 Å². The van der Waals surface area contributed by atoms with Gasteiger partial charge in [-0.15, -0.1) is 0 Å². The van der Waals surface area contributed by atoms with Crippen molar-refractivity contribution in [1.82, 2.24) is 5.32 Å². The maximum absolute atomic E-state index is 5.35. The molecule has 1 heterocycles. The number of halogens is 1. The zero-order chi connectivity index (χ0) is 7.94. The van der Waals surface area contributed by atoms with Gasteiger partial charge in [0.25, 0.3) is 0 Å². The molecule has 1 aliphatic rings. The average Bonchev–Trinajstić information content (AvgIpc) is 2.50. The zero-order valence-electron chi connectivity index (χ0n) is 6.55. The van der Waals surface area contributed by atoms with Gasteiger partial charge in [-0.3, -0.25) is 0 Å². The highest BCUT2D eigenvalue weighted by Crippen LogP contribution is 2.10. The fourth-order valence-corrected chi connectivity index (χ4v) is 1.25. The minimum atomic E-state index is 0.707. The monoisotopic (exact) mass is 175 g/mol. The van der Waals surface area contributed by atoms with Crippen molar-refractivity contribution in [2.45, 2.75) is 6.42 Å². The van der Waals surface area contributed by atoms with Crippen LogP contribution < -0.4 is 5.32 Å². The van der Waals surface area contributed by atoms with Crippen molar-refractivity contribution in [2.24, 2.45) is 5.92 Å². The summed E-state index contributed by atoms with van der Waals surface area (Å²) in [5.41, 5.74) is 1.54. The standard InChI is InChI=1S/C8H14ClNO/c9-3-1-4-10-6-8-2-5-11-7-8/h1,3,8,10H,2,4-7H2/b3-1+. The maximum Gasteiger partial charge on any atom is 0.0507 e. The van der Waals surface area contributed by atoms with Crippen LogP contribution in [-0.2, 0) is 4.74 Å². The Bertz CT molecular complexity index is 121. The highest BCUT2D eigenvalue weighted by molar-refractivity contribution is 6.25. The van der Waals surface area contributed by atoms with Crippen LogP contribution in [0.25, 0.3) is 0 Å². The molecule has 0 spiro atoms. The summed E-state index contributed by atoms with van der Waals surface area (Å²) in [7, 11) is 0. The lowest BCUT2D eigenvalue weighted by atomic mass is 10.1. The molecule has 1 fully saturated rings. The number of nitrogens with one attached hydrogen (secondary N) is 1. The molecule has 1 atom stereocenters. The summed E-state index contributed by atoms with van der Waals surface area (Å²) in [5, 5.41) is 3.28.